The molecule has 0 aliphatic heterocycles. The molecule has 32 heavy (non-hydrogen) atoms. The normalized spacial score (nSPS) is 13.7. The van der Waals surface area contributed by atoms with E-state index in [2.05, 4.69) is 30.7 Å². The zero-order valence-corrected chi connectivity index (χ0v) is 17.4. The van der Waals surface area contributed by atoms with Gasteiger partial charge in [0.05, 0.1) is 29.0 Å². The molecular formula is C21H21F3N8. The summed E-state index contributed by atoms with van der Waals surface area (Å²) in [5, 5.41) is 11.0. The molecule has 166 valence electrons. The maximum Gasteiger partial charge on any atom is 0.433 e. The topological polar surface area (TPSA) is 107 Å². The number of rotatable bonds is 6. The lowest BCUT2D eigenvalue weighted by Gasteiger charge is -2.25. The van der Waals surface area contributed by atoms with E-state index in [1.54, 1.807) is 17.9 Å². The van der Waals surface area contributed by atoms with Crippen LogP contribution in [-0.4, -0.2) is 31.3 Å². The average Bonchev–Trinajstić information content (AvgIpc) is 3.14. The van der Waals surface area contributed by atoms with Gasteiger partial charge in [0.2, 0.25) is 5.95 Å². The van der Waals surface area contributed by atoms with Gasteiger partial charge in [-0.3, -0.25) is 4.68 Å². The van der Waals surface area contributed by atoms with Crippen molar-refractivity contribution in [3.8, 4) is 0 Å². The Kier molecular flexibility index (Phi) is 5.43. The predicted octanol–water partition coefficient (Wildman–Crippen LogP) is 3.81. The number of fused-ring (bicyclic) bond motifs is 1. The summed E-state index contributed by atoms with van der Waals surface area (Å²) >= 11 is 0. The third-order valence-electron chi connectivity index (χ3n) is 4.96. The molecule has 1 atom stereocenters. The van der Waals surface area contributed by atoms with Crippen molar-refractivity contribution in [3.63, 3.8) is 0 Å². The zero-order valence-electron chi connectivity index (χ0n) is 17.4. The van der Waals surface area contributed by atoms with Gasteiger partial charge >= 0.3 is 6.18 Å². The van der Waals surface area contributed by atoms with Crippen LogP contribution in [0.3, 0.4) is 0 Å². The summed E-state index contributed by atoms with van der Waals surface area (Å²) in [6.45, 7) is 2.24. The minimum atomic E-state index is -4.51. The molecule has 8 nitrogen and oxygen atoms in total. The van der Waals surface area contributed by atoms with E-state index in [-0.39, 0.29) is 0 Å². The highest BCUT2D eigenvalue weighted by Gasteiger charge is 2.32. The molecule has 0 aliphatic rings. The fraction of sp³-hybridized carbons (Fsp3) is 0.238. The molecule has 3 heterocycles. The molecule has 4 rings (SSSR count). The van der Waals surface area contributed by atoms with Crippen molar-refractivity contribution in [3.05, 3.63) is 66.1 Å². The molecule has 0 aliphatic carbocycles. The Balaban J connectivity index is 1.61. The first kappa shape index (κ1) is 21.5. The van der Waals surface area contributed by atoms with Crippen LogP contribution in [0.25, 0.3) is 11.0 Å². The quantitative estimate of drug-likeness (QED) is 0.417. The highest BCUT2D eigenvalue weighted by molar-refractivity contribution is 5.89. The number of aromatic nitrogens is 5. The fourth-order valence-electron chi connectivity index (χ4n) is 3.15. The smallest absolute Gasteiger partial charge is 0.352 e. The van der Waals surface area contributed by atoms with Crippen molar-refractivity contribution in [2.24, 2.45) is 12.8 Å². The van der Waals surface area contributed by atoms with Crippen LogP contribution in [0.2, 0.25) is 0 Å². The molecule has 0 radical (unpaired) electrons. The molecule has 4 N–H and O–H groups in total. The number of nitrogens with zero attached hydrogens (tertiary/aromatic N) is 5. The number of aryl methyl sites for hydroxylation is 1. The van der Waals surface area contributed by atoms with E-state index >= 15 is 0 Å². The molecule has 0 saturated carbocycles. The summed E-state index contributed by atoms with van der Waals surface area (Å²) in [5.41, 5.74) is 6.65. The Morgan fingerprint density at radius 1 is 1.03 bits per heavy atom. The number of halogens is 3. The summed E-state index contributed by atoms with van der Waals surface area (Å²) in [7, 11) is 1.74. The first-order valence-electron chi connectivity index (χ1n) is 9.72. The van der Waals surface area contributed by atoms with Gasteiger partial charge in [0.15, 0.2) is 5.65 Å². The highest BCUT2D eigenvalue weighted by Crippen LogP contribution is 2.29. The monoisotopic (exact) mass is 442 g/mol. The Hall–Kier alpha value is -3.73. The summed E-state index contributed by atoms with van der Waals surface area (Å²) in [6.07, 6.45) is -1.82. The van der Waals surface area contributed by atoms with Crippen LogP contribution < -0.4 is 16.4 Å². The first-order valence-corrected chi connectivity index (χ1v) is 9.72. The Labute approximate surface area is 181 Å². The zero-order chi connectivity index (χ0) is 22.9. The van der Waals surface area contributed by atoms with Crippen molar-refractivity contribution < 1.29 is 13.2 Å². The van der Waals surface area contributed by atoms with Gasteiger partial charge in [0.25, 0.3) is 0 Å². The van der Waals surface area contributed by atoms with Crippen molar-refractivity contribution >= 4 is 28.5 Å². The van der Waals surface area contributed by atoms with Crippen LogP contribution in [0.1, 0.15) is 18.2 Å². The second-order valence-corrected chi connectivity index (χ2v) is 7.59. The second kappa shape index (κ2) is 8.08. The standard InChI is InChI=1S/C21H21F3N8/c1-20(25,13-6-4-3-5-7-13)12-27-19-30-17(15-11-28-32(2)18(15)31-19)29-14-8-9-16(26-10-14)21(22,23)24/h3-11H,12,25H2,1-2H3,(H2,27,29,30,31). The van der Waals surface area contributed by atoms with E-state index in [0.717, 1.165) is 17.8 Å². The minimum absolute atomic E-state index is 0.302. The van der Waals surface area contributed by atoms with E-state index < -0.39 is 17.4 Å². The van der Waals surface area contributed by atoms with E-state index in [1.165, 1.54) is 6.07 Å². The fourth-order valence-corrected chi connectivity index (χ4v) is 3.15. The van der Waals surface area contributed by atoms with E-state index in [4.69, 9.17) is 5.73 Å². The Morgan fingerprint density at radius 3 is 2.44 bits per heavy atom. The lowest BCUT2D eigenvalue weighted by molar-refractivity contribution is -0.141. The van der Waals surface area contributed by atoms with Crippen LogP contribution in [-0.2, 0) is 18.8 Å². The number of hydrogen-bond donors (Lipinski definition) is 3. The molecule has 11 heteroatoms. The van der Waals surface area contributed by atoms with Gasteiger partial charge in [-0.1, -0.05) is 30.3 Å². The SMILES string of the molecule is Cn1ncc2c(Nc3ccc(C(F)(F)F)nc3)nc(NCC(C)(N)c3ccccc3)nc21. The van der Waals surface area contributed by atoms with Gasteiger partial charge in [0.1, 0.15) is 11.5 Å². The number of pyridine rings is 1. The van der Waals surface area contributed by atoms with Gasteiger partial charge in [-0.05, 0) is 24.6 Å². The van der Waals surface area contributed by atoms with E-state index in [0.29, 0.717) is 35.0 Å². The maximum atomic E-state index is 12.8. The van der Waals surface area contributed by atoms with Crippen molar-refractivity contribution in [2.75, 3.05) is 17.2 Å². The molecule has 1 aromatic carbocycles. The van der Waals surface area contributed by atoms with Crippen LogP contribution in [0.5, 0.6) is 0 Å². The van der Waals surface area contributed by atoms with Gasteiger partial charge in [-0.25, -0.2) is 4.98 Å². The molecule has 0 fully saturated rings. The minimum Gasteiger partial charge on any atom is -0.352 e. The third-order valence-corrected chi connectivity index (χ3v) is 4.96. The van der Waals surface area contributed by atoms with Crippen molar-refractivity contribution in [1.82, 2.24) is 24.7 Å². The lowest BCUT2D eigenvalue weighted by Crippen LogP contribution is -2.40. The summed E-state index contributed by atoms with van der Waals surface area (Å²) in [6, 6.07) is 11.8. The number of nitrogens with two attached hydrogens (primary N) is 1. The van der Waals surface area contributed by atoms with Crippen molar-refractivity contribution in [1.29, 1.82) is 0 Å². The molecule has 0 bridgehead atoms. The second-order valence-electron chi connectivity index (χ2n) is 7.59. The van der Waals surface area contributed by atoms with Gasteiger partial charge in [0, 0.05) is 13.6 Å². The molecule has 0 amide bonds. The number of nitrogens with one attached hydrogen (secondary N) is 2. The van der Waals surface area contributed by atoms with Crippen LogP contribution >= 0.6 is 0 Å². The van der Waals surface area contributed by atoms with Gasteiger partial charge in [-0.2, -0.15) is 28.2 Å². The first-order chi connectivity index (χ1) is 15.1. The molecular weight excluding hydrogens is 421 g/mol. The Morgan fingerprint density at radius 2 is 1.78 bits per heavy atom. The maximum absolute atomic E-state index is 12.8. The average molecular weight is 442 g/mol. The molecule has 1 unspecified atom stereocenters. The Bertz CT molecular complexity index is 1220. The van der Waals surface area contributed by atoms with Crippen LogP contribution in [0.4, 0.5) is 30.6 Å². The highest BCUT2D eigenvalue weighted by atomic mass is 19.4. The molecule has 0 spiro atoms. The largest absolute Gasteiger partial charge is 0.433 e. The van der Waals surface area contributed by atoms with E-state index in [1.807, 2.05) is 37.3 Å². The molecule has 3 aromatic heterocycles. The van der Waals surface area contributed by atoms with Crippen LogP contribution in [0, 0.1) is 0 Å². The summed E-state index contributed by atoms with van der Waals surface area (Å²) in [4.78, 5) is 12.5. The van der Waals surface area contributed by atoms with Gasteiger partial charge < -0.3 is 16.4 Å². The lowest BCUT2D eigenvalue weighted by atomic mass is 9.93. The van der Waals surface area contributed by atoms with Crippen LogP contribution in [0.15, 0.2) is 54.9 Å². The predicted molar refractivity (Wildman–Crippen MR) is 115 cm³/mol. The summed E-state index contributed by atoms with van der Waals surface area (Å²) < 4.78 is 39.9. The van der Waals surface area contributed by atoms with Crippen molar-refractivity contribution in [2.45, 2.75) is 18.6 Å². The van der Waals surface area contributed by atoms with E-state index in [9.17, 15) is 13.2 Å². The third kappa shape index (κ3) is 4.47. The molecule has 4 aromatic rings. The molecule has 0 saturated heterocycles. The number of alkyl halides is 3. The number of hydrogen-bond acceptors (Lipinski definition) is 7. The number of benzene rings is 1. The van der Waals surface area contributed by atoms with Gasteiger partial charge in [-0.15, -0.1) is 0 Å². The summed E-state index contributed by atoms with van der Waals surface area (Å²) in [5.74, 6) is 0.682. The number of anilines is 3.